The first-order valence-electron chi connectivity index (χ1n) is 16.0. The van der Waals surface area contributed by atoms with Crippen molar-refractivity contribution in [3.63, 3.8) is 0 Å². The highest BCUT2D eigenvalue weighted by Gasteiger charge is 2.37. The Morgan fingerprint density at radius 3 is 2.44 bits per heavy atom. The van der Waals surface area contributed by atoms with E-state index in [1.165, 1.54) is 18.4 Å². The van der Waals surface area contributed by atoms with E-state index in [9.17, 15) is 14.9 Å². The van der Waals surface area contributed by atoms with E-state index in [0.29, 0.717) is 49.8 Å². The highest BCUT2D eigenvalue weighted by atomic mass is 32.1. The molecule has 0 fully saturated rings. The molecule has 0 amide bonds. The van der Waals surface area contributed by atoms with Gasteiger partial charge in [0.15, 0.2) is 16.3 Å². The Balaban J connectivity index is 1.47. The number of methoxy groups -OCH3 is 2. The Morgan fingerprint density at radius 1 is 0.960 bits per heavy atom. The number of rotatable bonds is 9. The lowest BCUT2D eigenvalue weighted by Crippen LogP contribution is -2.40. The van der Waals surface area contributed by atoms with E-state index < -0.39 is 12.0 Å². The summed E-state index contributed by atoms with van der Waals surface area (Å²) < 4.78 is 21.2. The van der Waals surface area contributed by atoms with Crippen LogP contribution in [0.3, 0.4) is 0 Å². The third-order valence-corrected chi connectivity index (χ3v) is 9.63. The van der Waals surface area contributed by atoms with E-state index in [4.69, 9.17) is 19.2 Å². The number of esters is 1. The van der Waals surface area contributed by atoms with Crippen LogP contribution in [-0.4, -0.2) is 35.9 Å². The third-order valence-electron chi connectivity index (χ3n) is 8.64. The molecule has 10 heteroatoms. The highest BCUT2D eigenvalue weighted by molar-refractivity contribution is 7.07. The zero-order chi connectivity index (χ0) is 34.8. The number of nitrogens with zero attached hydrogens (tertiary/aromatic N) is 4. The molecular formula is C40H32N4O5S. The molecule has 6 aromatic rings. The number of fused-ring (bicyclic) bond motifs is 2. The first-order valence-corrected chi connectivity index (χ1v) is 16.8. The van der Waals surface area contributed by atoms with Gasteiger partial charge in [-0.1, -0.05) is 84.1 Å². The molecule has 50 heavy (non-hydrogen) atoms. The van der Waals surface area contributed by atoms with Gasteiger partial charge in [-0.3, -0.25) is 9.36 Å². The van der Waals surface area contributed by atoms with Crippen LogP contribution in [0.15, 0.2) is 119 Å². The number of ether oxygens (including phenoxy) is 3. The van der Waals surface area contributed by atoms with Crippen LogP contribution < -0.4 is 24.4 Å². The molecule has 1 aliphatic rings. The molecule has 0 spiro atoms. The number of carbonyl (C=O) groups excluding carboxylic acids is 1. The van der Waals surface area contributed by atoms with Crippen LogP contribution in [0.1, 0.15) is 40.8 Å². The van der Waals surface area contributed by atoms with Crippen molar-refractivity contribution in [3.05, 3.63) is 156 Å². The summed E-state index contributed by atoms with van der Waals surface area (Å²) in [5, 5.41) is 10.2. The number of hydrogen-bond donors (Lipinski definition) is 0. The second-order valence-corrected chi connectivity index (χ2v) is 12.6. The minimum atomic E-state index is -0.926. The molecule has 1 unspecified atom stereocenters. The number of hydrogen-bond acceptors (Lipinski definition) is 8. The fourth-order valence-electron chi connectivity index (χ4n) is 6.41. The summed E-state index contributed by atoms with van der Waals surface area (Å²) in [7, 11) is 3.08. The lowest BCUT2D eigenvalue weighted by molar-refractivity contribution is -0.138. The van der Waals surface area contributed by atoms with E-state index in [-0.39, 0.29) is 17.7 Å². The fraction of sp³-hybridized carbons (Fsp3) is 0.150. The van der Waals surface area contributed by atoms with Gasteiger partial charge in [-0.15, -0.1) is 0 Å². The molecule has 3 heterocycles. The average molecular weight is 681 g/mol. The average Bonchev–Trinajstić information content (AvgIpc) is 3.66. The Morgan fingerprint density at radius 2 is 1.72 bits per heavy atom. The van der Waals surface area contributed by atoms with Gasteiger partial charge in [0.2, 0.25) is 0 Å². The molecule has 4 aromatic carbocycles. The molecule has 1 atom stereocenters. The summed E-state index contributed by atoms with van der Waals surface area (Å²) in [6.45, 7) is 2.47. The Labute approximate surface area is 291 Å². The van der Waals surface area contributed by atoms with Gasteiger partial charge in [-0.05, 0) is 42.8 Å². The maximum Gasteiger partial charge on any atom is 0.338 e. The van der Waals surface area contributed by atoms with Crippen LogP contribution in [0.4, 0.5) is 0 Å². The molecule has 2 aromatic heterocycles. The predicted octanol–water partition coefficient (Wildman–Crippen LogP) is 5.83. The van der Waals surface area contributed by atoms with Gasteiger partial charge < -0.3 is 18.8 Å². The molecule has 248 valence electrons. The summed E-state index contributed by atoms with van der Waals surface area (Å²) in [5.74, 6) is 0.283. The third kappa shape index (κ3) is 5.78. The lowest BCUT2D eigenvalue weighted by atomic mass is 9.92. The number of para-hydroxylation sites is 2. The fourth-order valence-corrected chi connectivity index (χ4v) is 7.40. The standard InChI is InChI=1S/C40H32N4O5S/c1-4-49-39(46)34-35(27-11-6-5-7-12-27)42-40-44(36(34)30-14-10-16-32(47-2)37(30)48-3)38(45)33(50-40)21-28-24-43(31-15-9-8-13-29(28)31)23-26-19-17-25(22-41)18-20-26/h5-21,24,36H,4,23H2,1-3H3. The second-order valence-electron chi connectivity index (χ2n) is 11.6. The highest BCUT2D eigenvalue weighted by Crippen LogP contribution is 2.42. The summed E-state index contributed by atoms with van der Waals surface area (Å²) in [5.41, 5.74) is 5.14. The van der Waals surface area contributed by atoms with Gasteiger partial charge in [-0.25, -0.2) is 9.79 Å². The molecule has 1 aliphatic heterocycles. The minimum absolute atomic E-state index is 0.142. The van der Waals surface area contributed by atoms with Crippen LogP contribution in [0.2, 0.25) is 0 Å². The van der Waals surface area contributed by atoms with Crippen LogP contribution in [0.25, 0.3) is 22.7 Å². The van der Waals surface area contributed by atoms with Gasteiger partial charge in [0, 0.05) is 40.3 Å². The van der Waals surface area contributed by atoms with Gasteiger partial charge in [0.25, 0.3) is 5.56 Å². The van der Waals surface area contributed by atoms with Gasteiger partial charge >= 0.3 is 5.97 Å². The summed E-state index contributed by atoms with van der Waals surface area (Å²) >= 11 is 1.26. The first kappa shape index (κ1) is 32.4. The Bertz CT molecular complexity index is 2500. The van der Waals surface area contributed by atoms with Crippen LogP contribution in [0.5, 0.6) is 11.5 Å². The number of nitriles is 1. The van der Waals surface area contributed by atoms with Crippen molar-refractivity contribution in [2.24, 2.45) is 4.99 Å². The summed E-state index contributed by atoms with van der Waals surface area (Å²) in [6, 6.07) is 31.6. The monoisotopic (exact) mass is 680 g/mol. The molecular weight excluding hydrogens is 649 g/mol. The molecule has 9 nitrogen and oxygen atoms in total. The van der Waals surface area contributed by atoms with Gasteiger partial charge in [-0.2, -0.15) is 5.26 Å². The van der Waals surface area contributed by atoms with E-state index >= 15 is 0 Å². The molecule has 0 aliphatic carbocycles. The van der Waals surface area contributed by atoms with E-state index in [2.05, 4.69) is 10.6 Å². The van der Waals surface area contributed by atoms with Gasteiger partial charge in [0.1, 0.15) is 6.04 Å². The summed E-state index contributed by atoms with van der Waals surface area (Å²) in [6.07, 6.45) is 3.92. The number of benzene rings is 4. The van der Waals surface area contributed by atoms with Crippen molar-refractivity contribution in [2.45, 2.75) is 19.5 Å². The molecule has 7 rings (SSSR count). The van der Waals surface area contributed by atoms with E-state index in [1.807, 2.05) is 97.2 Å². The minimum Gasteiger partial charge on any atom is -0.493 e. The number of carbonyl (C=O) groups is 1. The predicted molar refractivity (Wildman–Crippen MR) is 193 cm³/mol. The van der Waals surface area contributed by atoms with Crippen LogP contribution >= 0.6 is 11.3 Å². The number of thiazole rings is 1. The molecule has 0 N–H and O–H groups in total. The molecule has 0 radical (unpaired) electrons. The van der Waals surface area contributed by atoms with Crippen molar-refractivity contribution >= 4 is 40.0 Å². The Kier molecular flexibility index (Phi) is 8.90. The molecule has 0 bridgehead atoms. The van der Waals surface area contributed by atoms with Crippen LogP contribution in [0, 0.1) is 11.3 Å². The summed E-state index contributed by atoms with van der Waals surface area (Å²) in [4.78, 5) is 34.0. The normalized spacial score (nSPS) is 14.2. The largest absolute Gasteiger partial charge is 0.493 e. The SMILES string of the molecule is CCOC(=O)C1=C(c2ccccc2)N=c2sc(=Cc3cn(Cc4ccc(C#N)cc4)c4ccccc34)c(=O)n2C1c1cccc(OC)c1OC. The Hall–Kier alpha value is -6.18. The zero-order valence-electron chi connectivity index (χ0n) is 27.6. The zero-order valence-corrected chi connectivity index (χ0v) is 28.4. The van der Waals surface area contributed by atoms with Crippen molar-refractivity contribution < 1.29 is 19.0 Å². The topological polar surface area (TPSA) is 108 Å². The van der Waals surface area contributed by atoms with E-state index in [1.54, 1.807) is 30.7 Å². The van der Waals surface area contributed by atoms with Crippen molar-refractivity contribution in [3.8, 4) is 17.6 Å². The van der Waals surface area contributed by atoms with Crippen molar-refractivity contribution in [2.75, 3.05) is 20.8 Å². The smallest absolute Gasteiger partial charge is 0.338 e. The molecule has 0 saturated heterocycles. The molecule has 0 saturated carbocycles. The lowest BCUT2D eigenvalue weighted by Gasteiger charge is -2.27. The van der Waals surface area contributed by atoms with Crippen LogP contribution in [-0.2, 0) is 16.1 Å². The second kappa shape index (κ2) is 13.7. The quantitative estimate of drug-likeness (QED) is 0.178. The van der Waals surface area contributed by atoms with Gasteiger partial charge in [0.05, 0.1) is 48.3 Å². The van der Waals surface area contributed by atoms with Crippen molar-refractivity contribution in [1.29, 1.82) is 5.26 Å². The van der Waals surface area contributed by atoms with Crippen molar-refractivity contribution in [1.82, 2.24) is 9.13 Å². The van der Waals surface area contributed by atoms with E-state index in [0.717, 1.165) is 22.0 Å². The first-order chi connectivity index (χ1) is 24.4. The maximum absolute atomic E-state index is 14.6. The maximum atomic E-state index is 14.6. The number of aromatic nitrogens is 2.